The standard InChI is InChI=1S/C31H28FN7/c1-5-6-25(21-9-17(2)10-23(32)11-21)29-19(4)36-31(37-29)30-26-13-27(34-16-28(26)38-39-30)22-12-24(15-33-14-22)35-18(3)20-7-8-20/h5-6,9-16,20,35H,1,3,7-8H2,2,4H3,(H,36,37)(H,38,39)/b25-6-. The zero-order valence-electron chi connectivity index (χ0n) is 21.8. The first kappa shape index (κ1) is 24.5. The van der Waals surface area contributed by atoms with Crippen LogP contribution < -0.4 is 5.32 Å². The van der Waals surface area contributed by atoms with Crippen LogP contribution in [0.25, 0.3) is 39.3 Å². The molecule has 0 unspecified atom stereocenters. The van der Waals surface area contributed by atoms with Gasteiger partial charge in [0.1, 0.15) is 11.5 Å². The molecule has 1 aliphatic carbocycles. The van der Waals surface area contributed by atoms with Gasteiger partial charge in [0.2, 0.25) is 0 Å². The highest BCUT2D eigenvalue weighted by molar-refractivity contribution is 5.93. The van der Waals surface area contributed by atoms with Gasteiger partial charge < -0.3 is 10.3 Å². The minimum atomic E-state index is -0.294. The Morgan fingerprint density at radius 3 is 2.72 bits per heavy atom. The van der Waals surface area contributed by atoms with Crippen molar-refractivity contribution in [2.75, 3.05) is 5.32 Å². The number of aromatic amines is 2. The lowest BCUT2D eigenvalue weighted by Gasteiger charge is -2.09. The van der Waals surface area contributed by atoms with E-state index in [9.17, 15) is 4.39 Å². The number of hydrogen-bond acceptors (Lipinski definition) is 5. The molecule has 4 heterocycles. The number of nitrogens with one attached hydrogen (secondary N) is 3. The van der Waals surface area contributed by atoms with Gasteiger partial charge in [0, 0.05) is 34.1 Å². The molecule has 5 aromatic rings. The monoisotopic (exact) mass is 517 g/mol. The van der Waals surface area contributed by atoms with E-state index in [1.165, 1.54) is 25.0 Å². The molecule has 6 rings (SSSR count). The van der Waals surface area contributed by atoms with Crippen LogP contribution in [0.4, 0.5) is 10.1 Å². The number of imidazole rings is 1. The topological polar surface area (TPSA) is 95.2 Å². The predicted molar refractivity (Wildman–Crippen MR) is 153 cm³/mol. The molecule has 3 N–H and O–H groups in total. The maximum atomic E-state index is 14.2. The largest absolute Gasteiger partial charge is 0.358 e. The SMILES string of the molecule is C=C/C=C(/c1cc(C)cc(F)c1)c1nc(-c2n[nH]c3cnc(-c4cncc(NC(=C)C5CC5)c4)cc23)[nH]c1C. The molecule has 1 aliphatic rings. The number of rotatable bonds is 8. The van der Waals surface area contributed by atoms with Gasteiger partial charge in [0.05, 0.1) is 35.0 Å². The molecule has 194 valence electrons. The third-order valence-corrected chi connectivity index (χ3v) is 6.86. The van der Waals surface area contributed by atoms with E-state index in [1.807, 2.05) is 38.1 Å². The van der Waals surface area contributed by atoms with Crippen molar-refractivity contribution in [3.05, 3.63) is 108 Å². The molecular formula is C31H28FN7. The number of benzene rings is 1. The quantitative estimate of drug-likeness (QED) is 0.191. The van der Waals surface area contributed by atoms with E-state index in [0.717, 1.165) is 55.9 Å². The lowest BCUT2D eigenvalue weighted by molar-refractivity contribution is 0.626. The minimum Gasteiger partial charge on any atom is -0.358 e. The first-order valence-corrected chi connectivity index (χ1v) is 12.8. The van der Waals surface area contributed by atoms with Crippen LogP contribution in [0, 0.1) is 25.6 Å². The maximum Gasteiger partial charge on any atom is 0.159 e. The highest BCUT2D eigenvalue weighted by Crippen LogP contribution is 2.36. The van der Waals surface area contributed by atoms with Gasteiger partial charge in [0.25, 0.3) is 0 Å². The van der Waals surface area contributed by atoms with Crippen molar-refractivity contribution in [2.24, 2.45) is 5.92 Å². The molecule has 0 spiro atoms. The third kappa shape index (κ3) is 4.88. The summed E-state index contributed by atoms with van der Waals surface area (Å²) < 4.78 is 14.2. The van der Waals surface area contributed by atoms with E-state index in [4.69, 9.17) is 4.98 Å². The average Bonchev–Trinajstić information content (AvgIpc) is 3.58. The van der Waals surface area contributed by atoms with Gasteiger partial charge >= 0.3 is 0 Å². The van der Waals surface area contributed by atoms with Crippen LogP contribution in [0.3, 0.4) is 0 Å². The van der Waals surface area contributed by atoms with Crippen LogP contribution in [-0.4, -0.2) is 30.1 Å². The van der Waals surface area contributed by atoms with Crippen LogP contribution in [0.1, 0.15) is 35.4 Å². The molecule has 8 heteroatoms. The summed E-state index contributed by atoms with van der Waals surface area (Å²) in [6, 6.07) is 8.96. The summed E-state index contributed by atoms with van der Waals surface area (Å²) in [5.74, 6) is 0.852. The van der Waals surface area contributed by atoms with E-state index >= 15 is 0 Å². The van der Waals surface area contributed by atoms with E-state index in [-0.39, 0.29) is 5.82 Å². The number of nitrogens with zero attached hydrogens (tertiary/aromatic N) is 4. The van der Waals surface area contributed by atoms with Crippen molar-refractivity contribution in [1.29, 1.82) is 0 Å². The van der Waals surface area contributed by atoms with Gasteiger partial charge in [0.15, 0.2) is 5.82 Å². The Labute approximate surface area is 225 Å². The summed E-state index contributed by atoms with van der Waals surface area (Å²) >= 11 is 0. The van der Waals surface area contributed by atoms with Gasteiger partial charge in [-0.05, 0) is 68.0 Å². The Bertz CT molecular complexity index is 1750. The number of aryl methyl sites for hydroxylation is 2. The summed E-state index contributed by atoms with van der Waals surface area (Å²) in [6.45, 7) is 11.8. The van der Waals surface area contributed by atoms with Crippen molar-refractivity contribution < 1.29 is 4.39 Å². The highest BCUT2D eigenvalue weighted by atomic mass is 19.1. The maximum absolute atomic E-state index is 14.2. The summed E-state index contributed by atoms with van der Waals surface area (Å²) in [7, 11) is 0. The molecule has 7 nitrogen and oxygen atoms in total. The van der Waals surface area contributed by atoms with E-state index in [1.54, 1.807) is 24.7 Å². The number of anilines is 1. The second kappa shape index (κ2) is 9.79. The Hall–Kier alpha value is -4.85. The smallest absolute Gasteiger partial charge is 0.159 e. The van der Waals surface area contributed by atoms with Gasteiger partial charge in [-0.25, -0.2) is 9.37 Å². The average molecular weight is 518 g/mol. The molecule has 4 aromatic heterocycles. The van der Waals surface area contributed by atoms with Crippen molar-refractivity contribution in [3.63, 3.8) is 0 Å². The van der Waals surface area contributed by atoms with Gasteiger partial charge in [-0.1, -0.05) is 31.4 Å². The molecule has 1 fully saturated rings. The normalized spacial score (nSPS) is 13.6. The van der Waals surface area contributed by atoms with Gasteiger partial charge in [-0.15, -0.1) is 0 Å². The predicted octanol–water partition coefficient (Wildman–Crippen LogP) is 7.12. The molecule has 0 amide bonds. The number of pyridine rings is 2. The molecule has 39 heavy (non-hydrogen) atoms. The van der Waals surface area contributed by atoms with Gasteiger partial charge in [-0.2, -0.15) is 5.10 Å². The number of halogens is 1. The first-order valence-electron chi connectivity index (χ1n) is 12.8. The molecule has 0 bridgehead atoms. The van der Waals surface area contributed by atoms with Crippen molar-refractivity contribution in [3.8, 4) is 22.8 Å². The summed E-state index contributed by atoms with van der Waals surface area (Å²) in [5.41, 5.74) is 8.90. The van der Waals surface area contributed by atoms with Crippen LogP contribution in [-0.2, 0) is 0 Å². The summed E-state index contributed by atoms with van der Waals surface area (Å²) in [5, 5.41) is 11.9. The van der Waals surface area contributed by atoms with Crippen LogP contribution in [0.15, 0.2) is 79.9 Å². The number of H-pyrrole nitrogens is 2. The lowest BCUT2D eigenvalue weighted by Crippen LogP contribution is -2.00. The Morgan fingerprint density at radius 2 is 1.95 bits per heavy atom. The van der Waals surface area contributed by atoms with Crippen LogP contribution in [0.2, 0.25) is 0 Å². The molecule has 1 aromatic carbocycles. The molecule has 0 radical (unpaired) electrons. The molecular weight excluding hydrogens is 489 g/mol. The Balaban J connectivity index is 1.37. The van der Waals surface area contributed by atoms with Crippen molar-refractivity contribution >= 4 is 22.2 Å². The second-order valence-corrected chi connectivity index (χ2v) is 9.97. The van der Waals surface area contributed by atoms with E-state index in [2.05, 4.69) is 43.6 Å². The van der Waals surface area contributed by atoms with E-state index in [0.29, 0.717) is 23.1 Å². The highest BCUT2D eigenvalue weighted by Gasteiger charge is 2.25. The Morgan fingerprint density at radius 1 is 1.10 bits per heavy atom. The van der Waals surface area contributed by atoms with Crippen molar-refractivity contribution in [2.45, 2.75) is 26.7 Å². The van der Waals surface area contributed by atoms with Crippen LogP contribution >= 0.6 is 0 Å². The minimum absolute atomic E-state index is 0.294. The summed E-state index contributed by atoms with van der Waals surface area (Å²) in [6.07, 6.45) is 11.2. The Kier molecular flexibility index (Phi) is 6.15. The number of aromatic nitrogens is 6. The molecule has 0 aliphatic heterocycles. The van der Waals surface area contributed by atoms with Crippen molar-refractivity contribution in [1.82, 2.24) is 30.1 Å². The first-order chi connectivity index (χ1) is 18.9. The zero-order valence-corrected chi connectivity index (χ0v) is 21.8. The van der Waals surface area contributed by atoms with Crippen LogP contribution in [0.5, 0.6) is 0 Å². The number of fused-ring (bicyclic) bond motifs is 1. The fourth-order valence-corrected chi connectivity index (χ4v) is 4.78. The van der Waals surface area contributed by atoms with E-state index < -0.39 is 0 Å². The fraction of sp³-hybridized carbons (Fsp3) is 0.161. The fourth-order valence-electron chi connectivity index (χ4n) is 4.78. The zero-order chi connectivity index (χ0) is 27.1. The number of hydrogen-bond donors (Lipinski definition) is 3. The molecule has 0 atom stereocenters. The molecule has 0 saturated heterocycles. The second-order valence-electron chi connectivity index (χ2n) is 9.97. The van der Waals surface area contributed by atoms with Gasteiger partial charge in [-0.3, -0.25) is 15.1 Å². The number of allylic oxidation sites excluding steroid dienone is 3. The summed E-state index contributed by atoms with van der Waals surface area (Å²) in [4.78, 5) is 17.3. The lowest BCUT2D eigenvalue weighted by atomic mass is 9.99. The molecule has 1 saturated carbocycles. The third-order valence-electron chi connectivity index (χ3n) is 6.86.